The molecule has 2 aliphatic rings. The van der Waals surface area contributed by atoms with Gasteiger partial charge in [0.05, 0.1) is 6.04 Å². The third-order valence-electron chi connectivity index (χ3n) is 8.79. The summed E-state index contributed by atoms with van der Waals surface area (Å²) in [6, 6.07) is 3.67. The first kappa shape index (κ1) is 36.3. The van der Waals surface area contributed by atoms with Crippen LogP contribution in [0.25, 0.3) is 0 Å². The maximum Gasteiger partial charge on any atom is 0.326 e. The number of hydrogen-bond acceptors (Lipinski definition) is 8. The number of Topliss-reactive ketones (excluding diaryl/α,β-unsaturated/α-hetero) is 2. The Hall–Kier alpha value is -4.13. The Balaban J connectivity index is 1.81. The zero-order valence-electron chi connectivity index (χ0n) is 27.0. The first-order valence-corrected chi connectivity index (χ1v) is 15.9. The number of nitrogens with one attached hydrogen (secondary N) is 3. The Morgan fingerprint density at radius 1 is 0.935 bits per heavy atom. The van der Waals surface area contributed by atoms with Crippen molar-refractivity contribution in [3.63, 3.8) is 0 Å². The molecule has 4 amide bonds. The number of ketones is 2. The summed E-state index contributed by atoms with van der Waals surface area (Å²) in [6.45, 7) is 8.43. The number of amides is 4. The van der Waals surface area contributed by atoms with Gasteiger partial charge in [0.15, 0.2) is 0 Å². The topological polar surface area (TPSA) is 199 Å². The van der Waals surface area contributed by atoms with Crippen molar-refractivity contribution in [3.8, 4) is 0 Å². The van der Waals surface area contributed by atoms with Crippen LogP contribution in [0.1, 0.15) is 65.9 Å². The molecular formula is C33H46N4O9. The Labute approximate surface area is 268 Å². The third-order valence-corrected chi connectivity index (χ3v) is 8.79. The second-order valence-electron chi connectivity index (χ2n) is 12.9. The lowest BCUT2D eigenvalue weighted by Crippen LogP contribution is -2.59. The second kappa shape index (κ2) is 15.9. The van der Waals surface area contributed by atoms with Crippen LogP contribution in [0.5, 0.6) is 0 Å². The molecule has 1 heterocycles. The van der Waals surface area contributed by atoms with Gasteiger partial charge < -0.3 is 31.1 Å². The molecule has 252 valence electrons. The Bertz CT molecular complexity index is 1320. The van der Waals surface area contributed by atoms with E-state index in [1.807, 2.05) is 0 Å². The van der Waals surface area contributed by atoms with Gasteiger partial charge in [0, 0.05) is 31.2 Å². The number of aliphatic hydroxyl groups is 1. The van der Waals surface area contributed by atoms with Crippen LogP contribution in [-0.2, 0) is 40.0 Å². The molecule has 13 nitrogen and oxygen atoms in total. The van der Waals surface area contributed by atoms with Gasteiger partial charge in [0.25, 0.3) is 5.91 Å². The van der Waals surface area contributed by atoms with Gasteiger partial charge >= 0.3 is 5.97 Å². The molecule has 13 heteroatoms. The van der Waals surface area contributed by atoms with Crippen LogP contribution in [0.3, 0.4) is 0 Å². The van der Waals surface area contributed by atoms with Gasteiger partial charge in [-0.15, -0.1) is 0 Å². The van der Waals surface area contributed by atoms with Gasteiger partial charge in [-0.3, -0.25) is 28.8 Å². The maximum absolute atomic E-state index is 13.9. The number of rotatable bonds is 15. The highest BCUT2D eigenvalue weighted by Crippen LogP contribution is 2.41. The van der Waals surface area contributed by atoms with Crippen molar-refractivity contribution >= 4 is 41.2 Å². The number of carbonyl (C=O) groups is 7. The van der Waals surface area contributed by atoms with E-state index in [-0.39, 0.29) is 31.6 Å². The normalized spacial score (nSPS) is 21.7. The van der Waals surface area contributed by atoms with Crippen molar-refractivity contribution in [3.05, 3.63) is 35.9 Å². The summed E-state index contributed by atoms with van der Waals surface area (Å²) in [5.74, 6) is -7.59. The Kier molecular flexibility index (Phi) is 12.6. The third kappa shape index (κ3) is 8.56. The van der Waals surface area contributed by atoms with Gasteiger partial charge in [-0.05, 0) is 30.2 Å². The molecule has 1 aromatic carbocycles. The Morgan fingerprint density at radius 3 is 2.15 bits per heavy atom. The molecule has 46 heavy (non-hydrogen) atoms. The van der Waals surface area contributed by atoms with Gasteiger partial charge in [-0.2, -0.15) is 0 Å². The number of hydrogen-bond donors (Lipinski definition) is 5. The molecule has 0 aromatic heterocycles. The van der Waals surface area contributed by atoms with Gasteiger partial charge in [0.1, 0.15) is 30.0 Å². The van der Waals surface area contributed by atoms with E-state index in [0.717, 1.165) is 0 Å². The van der Waals surface area contributed by atoms with E-state index in [0.29, 0.717) is 18.4 Å². The Morgan fingerprint density at radius 2 is 1.59 bits per heavy atom. The first-order chi connectivity index (χ1) is 21.7. The van der Waals surface area contributed by atoms with E-state index in [2.05, 4.69) is 16.0 Å². The van der Waals surface area contributed by atoms with E-state index in [4.69, 9.17) is 0 Å². The molecule has 5 N–H and O–H groups in total. The fourth-order valence-electron chi connectivity index (χ4n) is 6.15. The highest BCUT2D eigenvalue weighted by Gasteiger charge is 2.54. The minimum Gasteiger partial charge on any atom is -0.480 e. The molecule has 2 unspecified atom stereocenters. The summed E-state index contributed by atoms with van der Waals surface area (Å²) in [5, 5.41) is 27.4. The van der Waals surface area contributed by atoms with E-state index in [1.165, 1.54) is 4.90 Å². The van der Waals surface area contributed by atoms with Crippen molar-refractivity contribution in [1.29, 1.82) is 0 Å². The van der Waals surface area contributed by atoms with Crippen LogP contribution in [0, 0.1) is 23.7 Å². The molecule has 1 aliphatic carbocycles. The van der Waals surface area contributed by atoms with Crippen LogP contribution in [-0.4, -0.2) is 93.1 Å². The molecule has 1 saturated heterocycles. The van der Waals surface area contributed by atoms with Crippen molar-refractivity contribution in [2.45, 2.75) is 97.0 Å². The highest BCUT2D eigenvalue weighted by molar-refractivity contribution is 6.38. The van der Waals surface area contributed by atoms with Crippen LogP contribution in [0.15, 0.2) is 30.3 Å². The van der Waals surface area contributed by atoms with Crippen LogP contribution < -0.4 is 16.0 Å². The molecular weight excluding hydrogens is 596 g/mol. The summed E-state index contributed by atoms with van der Waals surface area (Å²) in [7, 11) is 0. The van der Waals surface area contributed by atoms with Crippen molar-refractivity contribution < 1.29 is 43.8 Å². The number of carbonyl (C=O) groups excluding carboxylic acids is 6. The SMILES string of the molecule is CCCC(NC(=O)[C@@H]1[C@H]2CCC(=O)[C@H]2CN1C(=O)[C@@H](NC(=O)C(O)C(C)C)C(C)C)C(=O)C(=O)N[C@@H](Cc1ccccc1)C(=O)O. The number of aliphatic carboxylic acids is 1. The zero-order valence-corrected chi connectivity index (χ0v) is 27.0. The molecule has 1 saturated carbocycles. The number of benzene rings is 1. The molecule has 2 fully saturated rings. The lowest BCUT2D eigenvalue weighted by molar-refractivity contribution is -0.147. The van der Waals surface area contributed by atoms with Crippen LogP contribution >= 0.6 is 0 Å². The maximum atomic E-state index is 13.9. The highest BCUT2D eigenvalue weighted by atomic mass is 16.4. The predicted molar refractivity (Wildman–Crippen MR) is 166 cm³/mol. The van der Waals surface area contributed by atoms with E-state index >= 15 is 0 Å². The average molecular weight is 643 g/mol. The summed E-state index contributed by atoms with van der Waals surface area (Å²) in [5.41, 5.74) is 0.641. The minimum atomic E-state index is -1.39. The lowest BCUT2D eigenvalue weighted by atomic mass is 9.92. The molecule has 7 atom stereocenters. The smallest absolute Gasteiger partial charge is 0.326 e. The number of carboxylic acids is 1. The molecule has 1 aliphatic heterocycles. The molecule has 0 radical (unpaired) electrons. The van der Waals surface area contributed by atoms with Gasteiger partial charge in [-0.1, -0.05) is 71.4 Å². The second-order valence-corrected chi connectivity index (χ2v) is 12.9. The minimum absolute atomic E-state index is 0.0428. The number of nitrogens with zero attached hydrogens (tertiary/aromatic N) is 1. The first-order valence-electron chi connectivity index (χ1n) is 15.9. The van der Waals surface area contributed by atoms with Crippen molar-refractivity contribution in [2.75, 3.05) is 6.54 Å². The quantitative estimate of drug-likeness (QED) is 0.170. The van der Waals surface area contributed by atoms with Gasteiger partial charge in [-0.25, -0.2) is 4.79 Å². The zero-order chi connectivity index (χ0) is 34.3. The summed E-state index contributed by atoms with van der Waals surface area (Å²) < 4.78 is 0. The predicted octanol–water partition coefficient (Wildman–Crippen LogP) is 0.616. The number of fused-ring (bicyclic) bond motifs is 1. The fourth-order valence-corrected chi connectivity index (χ4v) is 6.15. The molecule has 0 spiro atoms. The van der Waals surface area contributed by atoms with Crippen molar-refractivity contribution in [1.82, 2.24) is 20.9 Å². The fraction of sp³-hybridized carbons (Fsp3) is 0.606. The number of aliphatic hydroxyl groups excluding tert-OH is 1. The summed E-state index contributed by atoms with van der Waals surface area (Å²) in [4.78, 5) is 92.6. The monoisotopic (exact) mass is 642 g/mol. The summed E-state index contributed by atoms with van der Waals surface area (Å²) in [6.07, 6.45) is -0.355. The summed E-state index contributed by atoms with van der Waals surface area (Å²) >= 11 is 0. The standard InChI is InChI=1S/C33H46N4O9/c1-6-10-22(28(40)31(43)35-23(33(45)46)15-19-11-8-7-9-12-19)34-29(41)26-20-13-14-24(38)21(20)16-37(26)32(44)25(17(2)3)36-30(42)27(39)18(4)5/h7-9,11-12,17-18,20-23,25-27,39H,6,10,13-16H2,1-5H3,(H,34,41)(H,35,43)(H,36,42)(H,45,46)/t20-,21-,22?,23-,25-,26-,27?/m0/s1. The lowest BCUT2D eigenvalue weighted by Gasteiger charge is -2.33. The van der Waals surface area contributed by atoms with E-state index in [1.54, 1.807) is 65.0 Å². The van der Waals surface area contributed by atoms with Gasteiger partial charge in [0.2, 0.25) is 23.5 Å². The number of carboxylic acid groups (broad SMARTS) is 1. The van der Waals surface area contributed by atoms with E-state index in [9.17, 15) is 43.8 Å². The molecule has 1 aromatic rings. The average Bonchev–Trinajstić information content (AvgIpc) is 3.57. The van der Waals surface area contributed by atoms with Crippen LogP contribution in [0.2, 0.25) is 0 Å². The number of likely N-dealkylation sites (tertiary alicyclic amines) is 1. The van der Waals surface area contributed by atoms with E-state index < -0.39 is 89.3 Å². The molecule has 0 bridgehead atoms. The molecule has 3 rings (SSSR count). The van der Waals surface area contributed by atoms with Crippen molar-refractivity contribution in [2.24, 2.45) is 23.7 Å². The van der Waals surface area contributed by atoms with Crippen LogP contribution in [0.4, 0.5) is 0 Å². The largest absolute Gasteiger partial charge is 0.480 e.